The number of benzene rings is 1. The Balaban J connectivity index is 1.96. The third-order valence-electron chi connectivity index (χ3n) is 3.63. The van der Waals surface area contributed by atoms with Crippen molar-refractivity contribution in [3.63, 3.8) is 0 Å². The molecule has 1 aromatic rings. The van der Waals surface area contributed by atoms with Crippen LogP contribution in [0.25, 0.3) is 0 Å². The first-order valence-corrected chi connectivity index (χ1v) is 8.12. The van der Waals surface area contributed by atoms with Crippen molar-refractivity contribution in [2.24, 2.45) is 0 Å². The molecule has 1 saturated heterocycles. The van der Waals surface area contributed by atoms with Crippen LogP contribution in [0.4, 0.5) is 4.79 Å². The Bertz CT molecular complexity index is 693. The van der Waals surface area contributed by atoms with Crippen molar-refractivity contribution >= 4 is 17.8 Å². The number of hydroxylamine groups is 2. The summed E-state index contributed by atoms with van der Waals surface area (Å²) in [4.78, 5) is 41.1. The Morgan fingerprint density at radius 2 is 1.96 bits per heavy atom. The van der Waals surface area contributed by atoms with Gasteiger partial charge in [0.25, 0.3) is 5.91 Å². The van der Waals surface area contributed by atoms with Gasteiger partial charge in [-0.3, -0.25) is 14.4 Å². The molecule has 136 valence electrons. The summed E-state index contributed by atoms with van der Waals surface area (Å²) in [5.74, 6) is -0.320. The van der Waals surface area contributed by atoms with E-state index in [0.717, 1.165) is 5.06 Å². The third-order valence-corrected chi connectivity index (χ3v) is 3.63. The minimum Gasteiger partial charge on any atom is -0.442 e. The predicted molar refractivity (Wildman–Crippen MR) is 91.3 cm³/mol. The molecule has 25 heavy (non-hydrogen) atoms. The largest absolute Gasteiger partial charge is 0.442 e. The topological polar surface area (TPSA) is 84.9 Å². The maximum Gasteiger partial charge on any atom is 0.434 e. The van der Waals surface area contributed by atoms with Crippen molar-refractivity contribution in [1.82, 2.24) is 10.4 Å². The Hall–Kier alpha value is -2.41. The lowest BCUT2D eigenvalue weighted by Gasteiger charge is -2.23. The first-order valence-electron chi connectivity index (χ1n) is 8.12. The lowest BCUT2D eigenvalue weighted by atomic mass is 10.0. The maximum atomic E-state index is 12.4. The van der Waals surface area contributed by atoms with Crippen LogP contribution in [-0.2, 0) is 9.57 Å². The number of ether oxygens (including phenoxy) is 1. The van der Waals surface area contributed by atoms with Gasteiger partial charge < -0.3 is 10.1 Å². The summed E-state index contributed by atoms with van der Waals surface area (Å²) in [6, 6.07) is 4.62. The van der Waals surface area contributed by atoms with Gasteiger partial charge in [-0.1, -0.05) is 6.07 Å². The van der Waals surface area contributed by atoms with Gasteiger partial charge in [0, 0.05) is 11.1 Å². The van der Waals surface area contributed by atoms with E-state index in [4.69, 9.17) is 9.57 Å². The number of hydrogen-bond acceptors (Lipinski definition) is 5. The van der Waals surface area contributed by atoms with Crippen molar-refractivity contribution in [2.75, 3.05) is 13.2 Å². The van der Waals surface area contributed by atoms with Crippen molar-refractivity contribution in [3.8, 4) is 0 Å². The first-order chi connectivity index (χ1) is 11.6. The number of nitrogens with zero attached hydrogens (tertiary/aromatic N) is 1. The van der Waals surface area contributed by atoms with Gasteiger partial charge in [-0.25, -0.2) is 4.79 Å². The van der Waals surface area contributed by atoms with E-state index in [9.17, 15) is 14.4 Å². The number of rotatable bonds is 3. The van der Waals surface area contributed by atoms with Crippen LogP contribution < -0.4 is 5.32 Å². The standard InChI is InChI=1S/C18H24N2O5/c1-11-8-13(12(2)21)6-7-15(11)16(22)19-14-9-20(24-10-14)17(23)25-18(3,4)5/h6-8,14H,9-10H2,1-5H3,(H,19,22). The first kappa shape index (κ1) is 18.9. The summed E-state index contributed by atoms with van der Waals surface area (Å²) in [5.41, 5.74) is 1.15. The maximum absolute atomic E-state index is 12.4. The SMILES string of the molecule is CC(=O)c1ccc(C(=O)NC2CON(C(=O)OC(C)(C)C)C2)c(C)c1. The molecule has 2 rings (SSSR count). The minimum absolute atomic E-state index is 0.0488. The normalized spacial score (nSPS) is 17.3. The fourth-order valence-electron chi connectivity index (χ4n) is 2.41. The monoisotopic (exact) mass is 348 g/mol. The van der Waals surface area contributed by atoms with Crippen LogP contribution in [0.1, 0.15) is 54.0 Å². The van der Waals surface area contributed by atoms with E-state index in [2.05, 4.69) is 5.32 Å². The van der Waals surface area contributed by atoms with E-state index < -0.39 is 11.7 Å². The van der Waals surface area contributed by atoms with Gasteiger partial charge in [0.05, 0.1) is 19.2 Å². The number of Topliss-reactive ketones (excluding diaryl/α,β-unsaturated/α-hetero) is 1. The molecule has 7 nitrogen and oxygen atoms in total. The zero-order chi connectivity index (χ0) is 18.8. The number of hydrogen-bond donors (Lipinski definition) is 1. The summed E-state index contributed by atoms with van der Waals surface area (Å²) in [7, 11) is 0. The molecule has 0 aliphatic carbocycles. The molecule has 1 fully saturated rings. The van der Waals surface area contributed by atoms with Crippen LogP contribution in [0.15, 0.2) is 18.2 Å². The highest BCUT2D eigenvalue weighted by atomic mass is 16.7. The molecule has 0 saturated carbocycles. The molecule has 2 amide bonds. The van der Waals surface area contributed by atoms with Crippen LogP contribution in [0.2, 0.25) is 0 Å². The molecule has 0 spiro atoms. The molecule has 7 heteroatoms. The number of carbonyl (C=O) groups is 3. The van der Waals surface area contributed by atoms with Crippen molar-refractivity contribution in [1.29, 1.82) is 0 Å². The van der Waals surface area contributed by atoms with Gasteiger partial charge in [0.2, 0.25) is 0 Å². The zero-order valence-corrected chi connectivity index (χ0v) is 15.2. The second-order valence-corrected chi connectivity index (χ2v) is 7.09. The molecule has 1 heterocycles. The number of amides is 2. The van der Waals surface area contributed by atoms with Gasteiger partial charge in [0.15, 0.2) is 5.78 Å². The molecule has 1 N–H and O–H groups in total. The Labute approximate surface area is 147 Å². The van der Waals surface area contributed by atoms with Crippen molar-refractivity contribution in [3.05, 3.63) is 34.9 Å². The van der Waals surface area contributed by atoms with Gasteiger partial charge in [-0.15, -0.1) is 0 Å². The molecule has 1 aromatic carbocycles. The summed E-state index contributed by atoms with van der Waals surface area (Å²) >= 11 is 0. The summed E-state index contributed by atoms with van der Waals surface area (Å²) in [6.07, 6.45) is -0.578. The minimum atomic E-state index is -0.614. The van der Waals surface area contributed by atoms with E-state index in [1.165, 1.54) is 6.92 Å². The van der Waals surface area contributed by atoms with Crippen LogP contribution in [-0.4, -0.2) is 47.6 Å². The lowest BCUT2D eigenvalue weighted by molar-refractivity contribution is -0.107. The summed E-state index contributed by atoms with van der Waals surface area (Å²) < 4.78 is 5.23. The van der Waals surface area contributed by atoms with Gasteiger partial charge in [0.1, 0.15) is 5.60 Å². The van der Waals surface area contributed by atoms with Crippen LogP contribution in [0.5, 0.6) is 0 Å². The molecule has 1 atom stereocenters. The van der Waals surface area contributed by atoms with E-state index in [0.29, 0.717) is 16.7 Å². The van der Waals surface area contributed by atoms with E-state index in [1.54, 1.807) is 45.9 Å². The third kappa shape index (κ3) is 5.03. The van der Waals surface area contributed by atoms with Gasteiger partial charge in [-0.2, -0.15) is 5.06 Å². The Kier molecular flexibility index (Phi) is 5.47. The van der Waals surface area contributed by atoms with Crippen LogP contribution >= 0.6 is 0 Å². The van der Waals surface area contributed by atoms with E-state index in [-0.39, 0.29) is 30.9 Å². The Morgan fingerprint density at radius 1 is 1.28 bits per heavy atom. The number of ketones is 1. The summed E-state index contributed by atoms with van der Waals surface area (Å²) in [6.45, 7) is 8.98. The quantitative estimate of drug-likeness (QED) is 0.848. The molecule has 1 aliphatic rings. The van der Waals surface area contributed by atoms with Gasteiger partial charge >= 0.3 is 6.09 Å². The van der Waals surface area contributed by atoms with E-state index in [1.807, 2.05) is 0 Å². The lowest BCUT2D eigenvalue weighted by Crippen LogP contribution is -2.40. The van der Waals surface area contributed by atoms with Crippen molar-refractivity contribution < 1.29 is 24.0 Å². The van der Waals surface area contributed by atoms with Crippen LogP contribution in [0.3, 0.4) is 0 Å². The number of carbonyl (C=O) groups excluding carboxylic acids is 3. The number of nitrogens with one attached hydrogen (secondary N) is 1. The molecule has 0 radical (unpaired) electrons. The highest BCUT2D eigenvalue weighted by Gasteiger charge is 2.32. The predicted octanol–water partition coefficient (Wildman–Crippen LogP) is 2.48. The number of aryl methyl sites for hydroxylation is 1. The molecule has 1 unspecified atom stereocenters. The van der Waals surface area contributed by atoms with Crippen LogP contribution in [0, 0.1) is 6.92 Å². The smallest absolute Gasteiger partial charge is 0.434 e. The van der Waals surface area contributed by atoms with E-state index >= 15 is 0 Å². The summed E-state index contributed by atoms with van der Waals surface area (Å²) in [5, 5.41) is 3.95. The molecule has 0 bridgehead atoms. The fourth-order valence-corrected chi connectivity index (χ4v) is 2.41. The highest BCUT2D eigenvalue weighted by molar-refractivity contribution is 5.99. The average Bonchev–Trinajstić information content (AvgIpc) is 2.93. The highest BCUT2D eigenvalue weighted by Crippen LogP contribution is 2.16. The van der Waals surface area contributed by atoms with Crippen molar-refractivity contribution in [2.45, 2.75) is 46.3 Å². The zero-order valence-electron chi connectivity index (χ0n) is 15.2. The van der Waals surface area contributed by atoms with Gasteiger partial charge in [-0.05, 0) is 52.3 Å². The second kappa shape index (κ2) is 7.23. The molecular formula is C18H24N2O5. The Morgan fingerprint density at radius 3 is 2.52 bits per heavy atom. The molecular weight excluding hydrogens is 324 g/mol. The molecule has 1 aliphatic heterocycles. The molecule has 0 aromatic heterocycles. The second-order valence-electron chi connectivity index (χ2n) is 7.09. The fraction of sp³-hybridized carbons (Fsp3) is 0.500. The average molecular weight is 348 g/mol.